The molecule has 92 valence electrons. The topological polar surface area (TPSA) is 75.3 Å². The summed E-state index contributed by atoms with van der Waals surface area (Å²) in [5.74, 6) is 1.35. The second kappa shape index (κ2) is 4.29. The zero-order valence-corrected chi connectivity index (χ0v) is 10.3. The Hall–Kier alpha value is -1.69. The summed E-state index contributed by atoms with van der Waals surface area (Å²) in [7, 11) is 0. The van der Waals surface area contributed by atoms with Crippen molar-refractivity contribution in [2.45, 2.75) is 32.8 Å². The first-order valence-electron chi connectivity index (χ1n) is 5.65. The van der Waals surface area contributed by atoms with E-state index < -0.39 is 5.60 Å². The van der Waals surface area contributed by atoms with Gasteiger partial charge >= 0.3 is 0 Å². The number of nitrogens with zero attached hydrogens (tertiary/aromatic N) is 4. The van der Waals surface area contributed by atoms with Gasteiger partial charge in [-0.1, -0.05) is 6.92 Å². The van der Waals surface area contributed by atoms with E-state index in [1.165, 1.54) is 6.33 Å². The fourth-order valence-corrected chi connectivity index (χ4v) is 1.46. The van der Waals surface area contributed by atoms with Crippen molar-refractivity contribution in [3.8, 4) is 0 Å². The van der Waals surface area contributed by atoms with Crippen LogP contribution in [-0.4, -0.2) is 36.8 Å². The van der Waals surface area contributed by atoms with E-state index in [9.17, 15) is 5.11 Å². The van der Waals surface area contributed by atoms with Crippen molar-refractivity contribution in [1.29, 1.82) is 0 Å². The predicted molar refractivity (Wildman–Crippen MR) is 64.9 cm³/mol. The summed E-state index contributed by atoms with van der Waals surface area (Å²) < 4.78 is 1.62. The fourth-order valence-electron chi connectivity index (χ4n) is 1.46. The van der Waals surface area contributed by atoms with Gasteiger partial charge in [0.25, 0.3) is 5.78 Å². The second-order valence-electron chi connectivity index (χ2n) is 4.46. The zero-order valence-electron chi connectivity index (χ0n) is 10.3. The van der Waals surface area contributed by atoms with Crippen LogP contribution < -0.4 is 5.32 Å². The van der Waals surface area contributed by atoms with Gasteiger partial charge in [0.2, 0.25) is 0 Å². The van der Waals surface area contributed by atoms with Crippen molar-refractivity contribution in [3.63, 3.8) is 0 Å². The molecule has 6 heteroatoms. The van der Waals surface area contributed by atoms with Crippen molar-refractivity contribution in [2.75, 3.05) is 11.9 Å². The quantitative estimate of drug-likeness (QED) is 0.827. The number of hydrogen-bond acceptors (Lipinski definition) is 5. The third-order valence-electron chi connectivity index (χ3n) is 2.79. The number of aromatic nitrogens is 4. The number of aliphatic hydroxyl groups is 1. The van der Waals surface area contributed by atoms with E-state index in [4.69, 9.17) is 0 Å². The van der Waals surface area contributed by atoms with Crippen molar-refractivity contribution in [3.05, 3.63) is 18.1 Å². The smallest absolute Gasteiger partial charge is 0.254 e. The summed E-state index contributed by atoms with van der Waals surface area (Å²) in [6.07, 6.45) is 2.15. The van der Waals surface area contributed by atoms with Gasteiger partial charge in [0, 0.05) is 18.3 Å². The average molecular weight is 235 g/mol. The van der Waals surface area contributed by atoms with Crippen LogP contribution in [0.15, 0.2) is 12.4 Å². The Labute approximate surface area is 99.7 Å². The molecule has 1 unspecified atom stereocenters. The van der Waals surface area contributed by atoms with Crippen molar-refractivity contribution >= 4 is 11.6 Å². The number of anilines is 1. The lowest BCUT2D eigenvalue weighted by Crippen LogP contribution is -2.33. The molecule has 0 aliphatic carbocycles. The summed E-state index contributed by atoms with van der Waals surface area (Å²) in [6, 6.07) is 1.88. The monoisotopic (exact) mass is 235 g/mol. The third-order valence-corrected chi connectivity index (χ3v) is 2.79. The standard InChI is InChI=1S/C11H17N5O/c1-4-11(3,17)6-12-9-5-8(2)15-10-13-7-14-16(9)10/h5,7,12,17H,4,6H2,1-3H3. The van der Waals surface area contributed by atoms with Gasteiger partial charge in [-0.25, -0.2) is 4.98 Å². The first-order valence-corrected chi connectivity index (χ1v) is 5.65. The van der Waals surface area contributed by atoms with Gasteiger partial charge in [-0.3, -0.25) is 0 Å². The molecule has 0 aromatic carbocycles. The number of aryl methyl sites for hydroxylation is 1. The Morgan fingerprint density at radius 1 is 1.53 bits per heavy atom. The maximum Gasteiger partial charge on any atom is 0.254 e. The molecule has 0 saturated carbocycles. The lowest BCUT2D eigenvalue weighted by molar-refractivity contribution is 0.0696. The Morgan fingerprint density at radius 2 is 2.29 bits per heavy atom. The molecule has 0 fully saturated rings. The van der Waals surface area contributed by atoms with Gasteiger partial charge in [0.1, 0.15) is 12.1 Å². The van der Waals surface area contributed by atoms with E-state index in [1.54, 1.807) is 11.4 Å². The van der Waals surface area contributed by atoms with E-state index in [1.807, 2.05) is 19.9 Å². The minimum Gasteiger partial charge on any atom is -0.388 e. The molecule has 0 aliphatic heterocycles. The van der Waals surface area contributed by atoms with Crippen LogP contribution in [0.5, 0.6) is 0 Å². The highest BCUT2D eigenvalue weighted by Crippen LogP contribution is 2.13. The molecular formula is C11H17N5O. The van der Waals surface area contributed by atoms with Crippen molar-refractivity contribution in [2.24, 2.45) is 0 Å². The largest absolute Gasteiger partial charge is 0.388 e. The van der Waals surface area contributed by atoms with Crippen molar-refractivity contribution < 1.29 is 5.11 Å². The van der Waals surface area contributed by atoms with Crippen LogP contribution >= 0.6 is 0 Å². The maximum absolute atomic E-state index is 9.95. The average Bonchev–Trinajstić information content (AvgIpc) is 2.73. The molecule has 1 atom stereocenters. The summed E-state index contributed by atoms with van der Waals surface area (Å²) in [5, 5.41) is 17.2. The molecule has 0 radical (unpaired) electrons. The van der Waals surface area contributed by atoms with Crippen LogP contribution in [0.3, 0.4) is 0 Å². The molecule has 0 aliphatic rings. The minimum absolute atomic E-state index is 0.460. The van der Waals surface area contributed by atoms with Gasteiger partial charge in [-0.15, -0.1) is 0 Å². The molecule has 0 amide bonds. The number of rotatable bonds is 4. The van der Waals surface area contributed by atoms with Crippen LogP contribution in [0, 0.1) is 6.92 Å². The van der Waals surface area contributed by atoms with E-state index in [2.05, 4.69) is 20.4 Å². The molecule has 2 heterocycles. The highest BCUT2D eigenvalue weighted by atomic mass is 16.3. The molecule has 2 N–H and O–H groups in total. The van der Waals surface area contributed by atoms with Gasteiger partial charge in [0.15, 0.2) is 0 Å². The number of hydrogen-bond donors (Lipinski definition) is 2. The Morgan fingerprint density at radius 3 is 3.00 bits per heavy atom. The molecule has 2 rings (SSSR count). The lowest BCUT2D eigenvalue weighted by atomic mass is 10.0. The first kappa shape index (κ1) is 11.8. The van der Waals surface area contributed by atoms with Crippen molar-refractivity contribution in [1.82, 2.24) is 19.6 Å². The molecule has 2 aromatic heterocycles. The molecule has 2 aromatic rings. The number of nitrogens with one attached hydrogen (secondary N) is 1. The van der Waals surface area contributed by atoms with Crippen LogP contribution in [0.25, 0.3) is 5.78 Å². The fraction of sp³-hybridized carbons (Fsp3) is 0.545. The summed E-state index contributed by atoms with van der Waals surface area (Å²) in [5.41, 5.74) is 0.133. The summed E-state index contributed by atoms with van der Waals surface area (Å²) >= 11 is 0. The van der Waals surface area contributed by atoms with Gasteiger partial charge in [0.05, 0.1) is 5.60 Å². The van der Waals surface area contributed by atoms with E-state index in [0.717, 1.165) is 11.5 Å². The SMILES string of the molecule is CCC(C)(O)CNc1cc(C)nc2ncnn12. The van der Waals surface area contributed by atoms with Crippen LogP contribution in [0.2, 0.25) is 0 Å². The van der Waals surface area contributed by atoms with E-state index in [-0.39, 0.29) is 0 Å². The van der Waals surface area contributed by atoms with Crippen LogP contribution in [0.1, 0.15) is 26.0 Å². The molecule has 0 bridgehead atoms. The van der Waals surface area contributed by atoms with Gasteiger partial charge < -0.3 is 10.4 Å². The lowest BCUT2D eigenvalue weighted by Gasteiger charge is -2.22. The van der Waals surface area contributed by atoms with Crippen LogP contribution in [-0.2, 0) is 0 Å². The first-order chi connectivity index (χ1) is 8.02. The Bertz CT molecular complexity index is 520. The molecular weight excluding hydrogens is 218 g/mol. The molecule has 0 spiro atoms. The maximum atomic E-state index is 9.95. The summed E-state index contributed by atoms with van der Waals surface area (Å²) in [4.78, 5) is 8.29. The Kier molecular flexibility index (Phi) is 2.97. The zero-order chi connectivity index (χ0) is 12.5. The highest BCUT2D eigenvalue weighted by Gasteiger charge is 2.17. The van der Waals surface area contributed by atoms with Gasteiger partial charge in [-0.2, -0.15) is 14.6 Å². The molecule has 0 saturated heterocycles. The Balaban J connectivity index is 2.26. The van der Waals surface area contributed by atoms with E-state index in [0.29, 0.717) is 18.7 Å². The summed E-state index contributed by atoms with van der Waals surface area (Å²) in [6.45, 7) is 6.11. The number of fused-ring (bicyclic) bond motifs is 1. The second-order valence-corrected chi connectivity index (χ2v) is 4.46. The predicted octanol–water partition coefficient (Wildman–Crippen LogP) is 1.01. The normalized spacial score (nSPS) is 14.8. The molecule has 6 nitrogen and oxygen atoms in total. The minimum atomic E-state index is -0.732. The van der Waals surface area contributed by atoms with Gasteiger partial charge in [-0.05, 0) is 20.3 Å². The van der Waals surface area contributed by atoms with Crippen LogP contribution in [0.4, 0.5) is 5.82 Å². The third kappa shape index (κ3) is 2.52. The highest BCUT2D eigenvalue weighted by molar-refractivity contribution is 5.44. The van der Waals surface area contributed by atoms with E-state index >= 15 is 0 Å². The molecule has 17 heavy (non-hydrogen) atoms.